The third-order valence-corrected chi connectivity index (χ3v) is 9.72. The average Bonchev–Trinajstić information content (AvgIpc) is 3.16. The van der Waals surface area contributed by atoms with Crippen LogP contribution in [0.15, 0.2) is 35.9 Å². The molecule has 2 aliphatic heterocycles. The van der Waals surface area contributed by atoms with E-state index in [2.05, 4.69) is 15.9 Å². The minimum atomic E-state index is -1.82. The quantitative estimate of drug-likeness (QED) is 0.246. The maximum atomic E-state index is 13.6. The van der Waals surface area contributed by atoms with Crippen LogP contribution in [0.1, 0.15) is 24.3 Å². The summed E-state index contributed by atoms with van der Waals surface area (Å²) in [5.41, 5.74) is 1.32. The molecule has 1 saturated carbocycles. The van der Waals surface area contributed by atoms with Crippen LogP contribution < -0.4 is 4.74 Å². The standard InChI is InChI=1S/C24H23BrCl2N2O6/c1-28-19(31)15-7-6-14-16(17(15)20(28)32)10-23(26)21(33)29(11-25)22(34)24(23,27)18(14)12-2-4-13(5-3-12)35-9-8-30/h2-6,15-18,30H,7-11H2,1H3. The minimum absolute atomic E-state index is 0.0276. The summed E-state index contributed by atoms with van der Waals surface area (Å²) in [6, 6.07) is 6.88. The molecule has 0 bridgehead atoms. The topological polar surface area (TPSA) is 104 Å². The number of allylic oxidation sites excluding steroid dienone is 2. The van der Waals surface area contributed by atoms with E-state index in [9.17, 15) is 19.2 Å². The number of fused-ring (bicyclic) bond motifs is 4. The van der Waals surface area contributed by atoms with Crippen LogP contribution in [0.2, 0.25) is 0 Å². The first kappa shape index (κ1) is 24.7. The van der Waals surface area contributed by atoms with Gasteiger partial charge in [0.15, 0.2) is 9.75 Å². The van der Waals surface area contributed by atoms with E-state index in [4.69, 9.17) is 33.0 Å². The molecule has 6 atom stereocenters. The Bertz CT molecular complexity index is 1160. The number of benzene rings is 1. The Hall–Kier alpha value is -1.94. The van der Waals surface area contributed by atoms with Crippen LogP contribution >= 0.6 is 39.1 Å². The molecule has 5 rings (SSSR count). The highest BCUT2D eigenvalue weighted by atomic mass is 79.9. The van der Waals surface area contributed by atoms with Gasteiger partial charge in [0, 0.05) is 13.0 Å². The number of aliphatic hydroxyl groups excluding tert-OH is 1. The van der Waals surface area contributed by atoms with Gasteiger partial charge in [-0.25, -0.2) is 0 Å². The normalized spacial score (nSPS) is 36.2. The zero-order valence-corrected chi connectivity index (χ0v) is 21.8. The molecule has 35 heavy (non-hydrogen) atoms. The number of ether oxygens (including phenoxy) is 1. The van der Waals surface area contributed by atoms with Gasteiger partial charge in [-0.1, -0.05) is 39.7 Å². The van der Waals surface area contributed by atoms with Gasteiger partial charge in [-0.3, -0.25) is 29.0 Å². The highest BCUT2D eigenvalue weighted by molar-refractivity contribution is 9.09. The van der Waals surface area contributed by atoms with Crippen LogP contribution in [0.25, 0.3) is 0 Å². The molecule has 186 valence electrons. The molecule has 2 saturated heterocycles. The molecule has 8 nitrogen and oxygen atoms in total. The van der Waals surface area contributed by atoms with Crippen molar-refractivity contribution in [2.45, 2.75) is 28.5 Å². The fraction of sp³-hybridized carbons (Fsp3) is 0.500. The summed E-state index contributed by atoms with van der Waals surface area (Å²) < 4.78 is 5.46. The van der Waals surface area contributed by atoms with Crippen molar-refractivity contribution in [1.82, 2.24) is 9.80 Å². The number of aliphatic hydroxyl groups is 1. The van der Waals surface area contributed by atoms with E-state index >= 15 is 0 Å². The third kappa shape index (κ3) is 3.21. The van der Waals surface area contributed by atoms with Gasteiger partial charge in [-0.15, -0.1) is 23.2 Å². The number of likely N-dealkylation sites (tertiary alicyclic amines) is 2. The molecule has 4 aliphatic rings. The lowest BCUT2D eigenvalue weighted by Gasteiger charge is -2.50. The fourth-order valence-electron chi connectivity index (χ4n) is 6.20. The van der Waals surface area contributed by atoms with Gasteiger partial charge in [-0.05, 0) is 36.5 Å². The molecular formula is C24H23BrCl2N2O6. The zero-order valence-electron chi connectivity index (χ0n) is 18.7. The monoisotopic (exact) mass is 584 g/mol. The fourth-order valence-corrected chi connectivity index (χ4v) is 7.63. The Labute approximate surface area is 220 Å². The van der Waals surface area contributed by atoms with Gasteiger partial charge >= 0.3 is 0 Å². The smallest absolute Gasteiger partial charge is 0.254 e. The van der Waals surface area contributed by atoms with Crippen molar-refractivity contribution >= 4 is 62.8 Å². The van der Waals surface area contributed by atoms with Crippen molar-refractivity contribution in [2.75, 3.05) is 25.7 Å². The summed E-state index contributed by atoms with van der Waals surface area (Å²) in [4.78, 5) is 51.5. The third-order valence-electron chi connectivity index (χ3n) is 7.81. The number of carbonyl (C=O) groups excluding carboxylic acids is 4. The van der Waals surface area contributed by atoms with Crippen molar-refractivity contribution in [1.29, 1.82) is 0 Å². The van der Waals surface area contributed by atoms with Gasteiger partial charge in [0.2, 0.25) is 11.8 Å². The van der Waals surface area contributed by atoms with Crippen LogP contribution in [0.3, 0.4) is 0 Å². The molecule has 6 unspecified atom stereocenters. The van der Waals surface area contributed by atoms with E-state index in [-0.39, 0.29) is 36.9 Å². The second-order valence-corrected chi connectivity index (χ2v) is 11.1. The van der Waals surface area contributed by atoms with Crippen LogP contribution in [0, 0.1) is 17.8 Å². The van der Waals surface area contributed by atoms with E-state index in [0.717, 1.165) is 15.4 Å². The summed E-state index contributed by atoms with van der Waals surface area (Å²) in [6.07, 6.45) is 2.21. The predicted molar refractivity (Wildman–Crippen MR) is 130 cm³/mol. The lowest BCUT2D eigenvalue weighted by atomic mass is 9.56. The van der Waals surface area contributed by atoms with Crippen molar-refractivity contribution in [2.24, 2.45) is 17.8 Å². The van der Waals surface area contributed by atoms with Crippen molar-refractivity contribution in [3.8, 4) is 5.75 Å². The Morgan fingerprint density at radius 1 is 1.09 bits per heavy atom. The number of alkyl halides is 3. The summed E-state index contributed by atoms with van der Waals surface area (Å²) >= 11 is 17.4. The molecule has 2 aliphatic carbocycles. The van der Waals surface area contributed by atoms with Gasteiger partial charge in [0.25, 0.3) is 11.8 Å². The highest BCUT2D eigenvalue weighted by Crippen LogP contribution is 2.65. The maximum absolute atomic E-state index is 13.6. The van der Waals surface area contributed by atoms with E-state index in [1.807, 2.05) is 6.08 Å². The molecule has 1 N–H and O–H groups in total. The minimum Gasteiger partial charge on any atom is -0.491 e. The van der Waals surface area contributed by atoms with E-state index < -0.39 is 45.2 Å². The summed E-state index contributed by atoms with van der Waals surface area (Å²) in [6.45, 7) is -0.0125. The molecule has 1 aromatic rings. The van der Waals surface area contributed by atoms with Crippen molar-refractivity contribution in [3.63, 3.8) is 0 Å². The Morgan fingerprint density at radius 3 is 2.40 bits per heavy atom. The number of carbonyl (C=O) groups is 4. The summed E-state index contributed by atoms with van der Waals surface area (Å²) in [5.74, 6) is -3.78. The lowest BCUT2D eigenvalue weighted by Crippen LogP contribution is -2.60. The average molecular weight is 586 g/mol. The molecule has 0 radical (unpaired) electrons. The first-order valence-corrected chi connectivity index (χ1v) is 13.1. The van der Waals surface area contributed by atoms with Crippen LogP contribution in [0.5, 0.6) is 5.75 Å². The highest BCUT2D eigenvalue weighted by Gasteiger charge is 2.76. The van der Waals surface area contributed by atoms with Crippen molar-refractivity contribution < 1.29 is 29.0 Å². The molecular weight excluding hydrogens is 563 g/mol. The Balaban J connectivity index is 1.67. The number of imide groups is 2. The zero-order chi connectivity index (χ0) is 25.3. The molecule has 0 aromatic heterocycles. The van der Waals surface area contributed by atoms with Crippen molar-refractivity contribution in [3.05, 3.63) is 41.5 Å². The van der Waals surface area contributed by atoms with E-state index in [0.29, 0.717) is 17.7 Å². The van der Waals surface area contributed by atoms with Gasteiger partial charge < -0.3 is 9.84 Å². The number of nitrogens with zero attached hydrogens (tertiary/aromatic N) is 2. The molecule has 3 fully saturated rings. The number of hydrogen-bond donors (Lipinski definition) is 1. The van der Waals surface area contributed by atoms with E-state index in [1.165, 1.54) is 7.05 Å². The molecule has 0 spiro atoms. The largest absolute Gasteiger partial charge is 0.491 e. The number of halogens is 3. The van der Waals surface area contributed by atoms with Gasteiger partial charge in [0.1, 0.15) is 12.4 Å². The van der Waals surface area contributed by atoms with Gasteiger partial charge in [-0.2, -0.15) is 0 Å². The van der Waals surface area contributed by atoms with Gasteiger partial charge in [0.05, 0.1) is 23.9 Å². The predicted octanol–water partition coefficient (Wildman–Crippen LogP) is 2.40. The molecule has 4 amide bonds. The van der Waals surface area contributed by atoms with Crippen LogP contribution in [0.4, 0.5) is 0 Å². The summed E-state index contributed by atoms with van der Waals surface area (Å²) in [7, 11) is 1.47. The SMILES string of the molecule is CN1C(=O)C2CC=C3C(CC4(Cl)C(=O)N(CBr)C(=O)C4(Cl)C3c3ccc(OCCO)cc3)C2C1=O. The van der Waals surface area contributed by atoms with E-state index in [1.54, 1.807) is 24.3 Å². The molecule has 2 heterocycles. The van der Waals surface area contributed by atoms with Crippen LogP contribution in [-0.4, -0.2) is 74.0 Å². The maximum Gasteiger partial charge on any atom is 0.254 e. The summed E-state index contributed by atoms with van der Waals surface area (Å²) in [5, 5.41) is 9.02. The molecule has 1 aromatic carbocycles. The second-order valence-electron chi connectivity index (χ2n) is 9.36. The second kappa shape index (κ2) is 8.57. The number of hydrogen-bond acceptors (Lipinski definition) is 6. The van der Waals surface area contributed by atoms with Crippen LogP contribution in [-0.2, 0) is 19.2 Å². The molecule has 11 heteroatoms. The first-order valence-electron chi connectivity index (χ1n) is 11.3. The number of rotatable bonds is 5. The number of amides is 4. The first-order chi connectivity index (χ1) is 16.6. The Kier molecular flexibility index (Phi) is 6.06. The lowest BCUT2D eigenvalue weighted by molar-refractivity contribution is -0.140. The Morgan fingerprint density at radius 2 is 1.77 bits per heavy atom.